The molecule has 0 unspecified atom stereocenters. The molecule has 1 radical (unpaired) electrons. The first-order chi connectivity index (χ1) is 21.3. The number of carbonyl (C=O) groups is 1. The minimum absolute atomic E-state index is 0. The molecular weight excluding hydrogens is 764 g/mol. The van der Waals surface area contributed by atoms with Gasteiger partial charge < -0.3 is 5.11 Å². The van der Waals surface area contributed by atoms with Gasteiger partial charge in [0.1, 0.15) is 0 Å². The predicted molar refractivity (Wildman–Crippen MR) is 179 cm³/mol. The monoisotopic (exact) mass is 815 g/mol. The van der Waals surface area contributed by atoms with Gasteiger partial charge in [0.25, 0.3) is 0 Å². The molecule has 1 N–H and O–H groups in total. The zero-order valence-electron chi connectivity index (χ0n) is 28.3. The maximum absolute atomic E-state index is 13.4. The van der Waals surface area contributed by atoms with Crippen LogP contribution in [0, 0.1) is 23.3 Å². The van der Waals surface area contributed by atoms with E-state index in [0.717, 1.165) is 36.6 Å². The molecule has 0 aliphatic heterocycles. The number of pyridine rings is 1. The van der Waals surface area contributed by atoms with Crippen LogP contribution in [-0.4, -0.2) is 22.1 Å². The molecule has 4 rings (SSSR count). The first-order valence-electron chi connectivity index (χ1n) is 16.8. The van der Waals surface area contributed by atoms with E-state index in [1.165, 1.54) is 63.0 Å². The number of hydrogen-bond acceptors (Lipinski definition) is 3. The SMILES string of the molecule is CC(C)(Cc1ccnc(-c2[c-]c3ccccc3c(C3CCCCC3)c2)c1)C(F)(F)F.CCC(CC)C(=O)/C=C(\O)C(CC)CC.[Ir]. The van der Waals surface area contributed by atoms with E-state index in [4.69, 9.17) is 0 Å². The van der Waals surface area contributed by atoms with Crippen molar-refractivity contribution < 1.29 is 43.2 Å². The first-order valence-corrected chi connectivity index (χ1v) is 16.8. The van der Waals surface area contributed by atoms with Gasteiger partial charge in [0.15, 0.2) is 5.78 Å². The number of benzene rings is 2. The van der Waals surface area contributed by atoms with Crippen molar-refractivity contribution >= 4 is 16.6 Å². The van der Waals surface area contributed by atoms with Crippen molar-refractivity contribution in [3.8, 4) is 11.3 Å². The van der Waals surface area contributed by atoms with Crippen molar-refractivity contribution in [2.24, 2.45) is 17.3 Å². The smallest absolute Gasteiger partial charge is 0.394 e. The summed E-state index contributed by atoms with van der Waals surface area (Å²) in [4.78, 5) is 16.2. The Balaban J connectivity index is 0.000000394. The van der Waals surface area contributed by atoms with Gasteiger partial charge in [0.05, 0.1) is 11.2 Å². The summed E-state index contributed by atoms with van der Waals surface area (Å²) < 4.78 is 40.1. The minimum Gasteiger partial charge on any atom is -0.512 e. The molecule has 1 aliphatic carbocycles. The largest absolute Gasteiger partial charge is 0.512 e. The Labute approximate surface area is 287 Å². The van der Waals surface area contributed by atoms with Crippen molar-refractivity contribution in [3.63, 3.8) is 0 Å². The van der Waals surface area contributed by atoms with E-state index in [0.29, 0.717) is 17.2 Å². The Morgan fingerprint density at radius 3 is 2.15 bits per heavy atom. The van der Waals surface area contributed by atoms with Gasteiger partial charge in [-0.1, -0.05) is 102 Å². The van der Waals surface area contributed by atoms with Crippen molar-refractivity contribution in [1.82, 2.24) is 4.98 Å². The van der Waals surface area contributed by atoms with Crippen LogP contribution in [0.5, 0.6) is 0 Å². The number of hydrogen-bond donors (Lipinski definition) is 1. The topological polar surface area (TPSA) is 50.2 Å². The standard InChI is InChI=1S/C26H27F3N.C13H24O2.Ir/c1-25(2,26(27,28)29)17-18-12-13-30-24(14-18)21-15-20-10-6-7-11-22(20)23(16-21)19-8-4-3-5-9-19;1-5-10(6-2)12(14)9-13(15)11(7-3)8-4;/h6-7,10-14,16,19H,3-5,8-9,17H2,1-2H3;9-11,14H,5-8H2,1-4H3;/q-1;;/b;12-9-;. The minimum atomic E-state index is -4.25. The van der Waals surface area contributed by atoms with Crippen molar-refractivity contribution in [2.45, 2.75) is 118 Å². The third-order valence-corrected chi connectivity index (χ3v) is 9.45. The number of aromatic nitrogens is 1. The fraction of sp³-hybridized carbons (Fsp3) is 0.538. The van der Waals surface area contributed by atoms with Crippen LogP contribution in [0.4, 0.5) is 13.2 Å². The molecule has 3 nitrogen and oxygen atoms in total. The average molecular weight is 815 g/mol. The summed E-state index contributed by atoms with van der Waals surface area (Å²) in [5.74, 6) is 1.07. The average Bonchev–Trinajstić information content (AvgIpc) is 3.02. The van der Waals surface area contributed by atoms with Crippen LogP contribution in [0.25, 0.3) is 22.0 Å². The number of allylic oxidation sites excluding steroid dienone is 2. The molecular formula is C39H51F3IrNO2-. The van der Waals surface area contributed by atoms with E-state index >= 15 is 0 Å². The van der Waals surface area contributed by atoms with Crippen molar-refractivity contribution in [3.05, 3.63) is 77.7 Å². The van der Waals surface area contributed by atoms with Crippen molar-refractivity contribution in [1.29, 1.82) is 0 Å². The predicted octanol–water partition coefficient (Wildman–Crippen LogP) is 11.7. The number of ketones is 1. The van der Waals surface area contributed by atoms with Gasteiger partial charge in [-0.3, -0.25) is 9.78 Å². The van der Waals surface area contributed by atoms with Crippen LogP contribution < -0.4 is 0 Å². The van der Waals surface area contributed by atoms with Crippen molar-refractivity contribution in [2.75, 3.05) is 0 Å². The summed E-state index contributed by atoms with van der Waals surface area (Å²) in [7, 11) is 0. The van der Waals surface area contributed by atoms with Gasteiger partial charge in [-0.25, -0.2) is 0 Å². The Morgan fingerprint density at radius 2 is 1.57 bits per heavy atom. The van der Waals surface area contributed by atoms with E-state index in [-0.39, 0.29) is 49.9 Å². The molecule has 255 valence electrons. The second kappa shape index (κ2) is 18.2. The third kappa shape index (κ3) is 10.5. The van der Waals surface area contributed by atoms with Gasteiger partial charge in [-0.15, -0.1) is 29.1 Å². The molecule has 0 bridgehead atoms. The van der Waals surface area contributed by atoms with Crippen LogP contribution in [-0.2, 0) is 31.3 Å². The van der Waals surface area contributed by atoms with E-state index in [1.54, 1.807) is 18.3 Å². The summed E-state index contributed by atoms with van der Waals surface area (Å²) in [5, 5.41) is 12.0. The molecule has 46 heavy (non-hydrogen) atoms. The number of nitrogens with zero attached hydrogens (tertiary/aromatic N) is 1. The van der Waals surface area contributed by atoms with E-state index in [2.05, 4.69) is 35.3 Å². The fourth-order valence-corrected chi connectivity index (χ4v) is 6.27. The van der Waals surface area contributed by atoms with Gasteiger partial charge in [0.2, 0.25) is 0 Å². The zero-order chi connectivity index (χ0) is 33.2. The number of carbonyl (C=O) groups excluding carboxylic acids is 1. The van der Waals surface area contributed by atoms with Gasteiger partial charge >= 0.3 is 6.18 Å². The number of alkyl halides is 3. The summed E-state index contributed by atoms with van der Waals surface area (Å²) in [6, 6.07) is 17.4. The molecule has 1 aliphatic rings. The first kappa shape index (κ1) is 39.7. The Morgan fingerprint density at radius 1 is 0.957 bits per heavy atom. The molecule has 1 fully saturated rings. The Kier molecular flexibility index (Phi) is 15.7. The molecule has 1 aromatic heterocycles. The normalized spacial score (nSPS) is 14.6. The summed E-state index contributed by atoms with van der Waals surface area (Å²) in [5.41, 5.74) is 1.73. The molecule has 1 saturated carbocycles. The molecule has 2 aromatic carbocycles. The zero-order valence-corrected chi connectivity index (χ0v) is 30.7. The summed E-state index contributed by atoms with van der Waals surface area (Å²) >= 11 is 0. The molecule has 0 spiro atoms. The maximum Gasteiger partial charge on any atom is 0.394 e. The number of halogens is 3. The number of fused-ring (bicyclic) bond motifs is 1. The molecule has 7 heteroatoms. The third-order valence-electron chi connectivity index (χ3n) is 9.45. The van der Waals surface area contributed by atoms with E-state index < -0.39 is 11.6 Å². The molecule has 0 amide bonds. The van der Waals surface area contributed by atoms with E-state index in [9.17, 15) is 23.1 Å². The molecule has 1 heterocycles. The molecule has 0 saturated heterocycles. The second-order valence-electron chi connectivity index (χ2n) is 13.1. The number of aliphatic hydroxyl groups is 1. The van der Waals surface area contributed by atoms with Crippen LogP contribution >= 0.6 is 0 Å². The number of rotatable bonds is 11. The van der Waals surface area contributed by atoms with Crippen LogP contribution in [0.3, 0.4) is 0 Å². The number of aliphatic hydroxyl groups excluding tert-OH is 1. The quantitative estimate of drug-likeness (QED) is 0.119. The fourth-order valence-electron chi connectivity index (χ4n) is 6.27. The van der Waals surface area contributed by atoms with Crippen LogP contribution in [0.1, 0.15) is 116 Å². The molecule has 0 atom stereocenters. The van der Waals surface area contributed by atoms with Crippen LogP contribution in [0.15, 0.2) is 60.5 Å². The summed E-state index contributed by atoms with van der Waals surface area (Å²) in [6.45, 7) is 10.6. The maximum atomic E-state index is 13.4. The molecule has 3 aromatic rings. The van der Waals surface area contributed by atoms with Gasteiger partial charge in [-0.2, -0.15) is 13.2 Å². The van der Waals surface area contributed by atoms with Crippen LogP contribution in [0.2, 0.25) is 0 Å². The van der Waals surface area contributed by atoms with Gasteiger partial charge in [-0.05, 0) is 56.9 Å². The Bertz CT molecular complexity index is 1420. The second-order valence-corrected chi connectivity index (χ2v) is 13.1. The summed E-state index contributed by atoms with van der Waals surface area (Å²) in [6.07, 6.45) is 8.33. The van der Waals surface area contributed by atoms with E-state index in [1.807, 2.05) is 33.8 Å². The van der Waals surface area contributed by atoms with Gasteiger partial charge in [0, 0.05) is 49.9 Å². The Hall–Kier alpha value is -2.50.